The normalized spacial score (nSPS) is 13.4. The van der Waals surface area contributed by atoms with E-state index in [0.29, 0.717) is 18.1 Å². The van der Waals surface area contributed by atoms with Gasteiger partial charge in [0.2, 0.25) is 0 Å². The molecule has 0 saturated carbocycles. The number of benzene rings is 1. The van der Waals surface area contributed by atoms with Crippen LogP contribution < -0.4 is 0 Å². The van der Waals surface area contributed by atoms with E-state index in [9.17, 15) is 8.42 Å². The lowest BCUT2D eigenvalue weighted by Gasteiger charge is -2.36. The van der Waals surface area contributed by atoms with Crippen LogP contribution in [0.15, 0.2) is 29.2 Å². The molecule has 0 unspecified atom stereocenters. The van der Waals surface area contributed by atoms with Crippen LogP contribution in [0.5, 0.6) is 0 Å². The molecule has 7 heteroatoms. The second-order valence-corrected chi connectivity index (χ2v) is 13.6. The highest BCUT2D eigenvalue weighted by Gasteiger charge is 2.36. The van der Waals surface area contributed by atoms with Crippen molar-refractivity contribution in [1.29, 1.82) is 0 Å². The van der Waals surface area contributed by atoms with Crippen LogP contribution in [0.1, 0.15) is 27.2 Å². The van der Waals surface area contributed by atoms with Gasteiger partial charge in [0.1, 0.15) is 0 Å². The van der Waals surface area contributed by atoms with E-state index in [1.165, 1.54) is 24.3 Å². The van der Waals surface area contributed by atoms with Crippen molar-refractivity contribution in [2.75, 3.05) is 13.2 Å². The molecule has 22 heavy (non-hydrogen) atoms. The van der Waals surface area contributed by atoms with Crippen molar-refractivity contribution >= 4 is 30.0 Å². The molecule has 1 rings (SSSR count). The second kappa shape index (κ2) is 7.44. The summed E-state index contributed by atoms with van der Waals surface area (Å²) in [5.74, 6) is 0. The summed E-state index contributed by atoms with van der Waals surface area (Å²) in [7, 11) is -5.51. The van der Waals surface area contributed by atoms with Crippen molar-refractivity contribution in [3.8, 4) is 0 Å². The molecule has 0 fully saturated rings. The molecular weight excluding hydrogens is 340 g/mol. The summed E-state index contributed by atoms with van der Waals surface area (Å²) in [5.41, 5.74) is 0. The van der Waals surface area contributed by atoms with Crippen molar-refractivity contribution in [2.24, 2.45) is 0 Å². The summed E-state index contributed by atoms with van der Waals surface area (Å²) in [5, 5.41) is 0.630. The van der Waals surface area contributed by atoms with Gasteiger partial charge in [-0.3, -0.25) is 4.18 Å². The fourth-order valence-electron chi connectivity index (χ4n) is 1.44. The van der Waals surface area contributed by atoms with E-state index in [-0.39, 0.29) is 16.5 Å². The van der Waals surface area contributed by atoms with Crippen LogP contribution >= 0.6 is 11.6 Å². The molecule has 1 aromatic carbocycles. The molecule has 0 heterocycles. The molecule has 0 atom stereocenters. The predicted molar refractivity (Wildman–Crippen MR) is 92.4 cm³/mol. The van der Waals surface area contributed by atoms with Gasteiger partial charge in [-0.1, -0.05) is 32.4 Å². The Morgan fingerprint density at radius 3 is 2.14 bits per heavy atom. The third kappa shape index (κ3) is 5.66. The summed E-state index contributed by atoms with van der Waals surface area (Å²) >= 11 is 5.74. The van der Waals surface area contributed by atoms with E-state index in [2.05, 4.69) is 33.9 Å². The molecule has 4 nitrogen and oxygen atoms in total. The lowest BCUT2D eigenvalue weighted by atomic mass is 10.2. The molecule has 0 aliphatic carbocycles. The topological polar surface area (TPSA) is 52.6 Å². The maximum atomic E-state index is 12.0. The minimum atomic E-state index is -3.72. The van der Waals surface area contributed by atoms with Crippen molar-refractivity contribution < 1.29 is 17.0 Å². The van der Waals surface area contributed by atoms with Gasteiger partial charge in [0.05, 0.1) is 11.5 Å². The number of hydrogen-bond donors (Lipinski definition) is 0. The summed E-state index contributed by atoms with van der Waals surface area (Å²) in [6, 6.07) is 5.92. The molecule has 0 N–H and O–H groups in total. The van der Waals surface area contributed by atoms with Gasteiger partial charge in [0.15, 0.2) is 8.32 Å². The monoisotopic (exact) mass is 364 g/mol. The van der Waals surface area contributed by atoms with Crippen molar-refractivity contribution in [3.05, 3.63) is 29.3 Å². The molecule has 0 aliphatic rings. The molecule has 0 amide bonds. The fraction of sp³-hybridized carbons (Fsp3) is 0.600. The van der Waals surface area contributed by atoms with Gasteiger partial charge < -0.3 is 4.43 Å². The SMILES string of the molecule is CC(C)(C)[Si](C)(C)OCCCOS(=O)(=O)c1ccc(Cl)cc1. The van der Waals surface area contributed by atoms with Crippen LogP contribution in [0, 0.1) is 0 Å². The third-order valence-electron chi connectivity index (χ3n) is 3.90. The zero-order chi connectivity index (χ0) is 17.0. The van der Waals surface area contributed by atoms with E-state index in [4.69, 9.17) is 20.2 Å². The van der Waals surface area contributed by atoms with E-state index in [0.717, 1.165) is 0 Å². The molecule has 0 spiro atoms. The minimum Gasteiger partial charge on any atom is -0.417 e. The van der Waals surface area contributed by atoms with E-state index >= 15 is 0 Å². The van der Waals surface area contributed by atoms with E-state index in [1.54, 1.807) is 0 Å². The fourth-order valence-corrected chi connectivity index (χ4v) is 3.60. The van der Waals surface area contributed by atoms with Crippen LogP contribution in [0.3, 0.4) is 0 Å². The van der Waals surface area contributed by atoms with Crippen LogP contribution in [-0.2, 0) is 18.7 Å². The summed E-state index contributed by atoms with van der Waals surface area (Å²) in [4.78, 5) is 0.113. The Bertz CT molecular complexity index is 577. The summed E-state index contributed by atoms with van der Waals surface area (Å²) in [6.07, 6.45) is 0.541. The molecule has 0 saturated heterocycles. The van der Waals surface area contributed by atoms with Gasteiger partial charge in [-0.05, 0) is 48.8 Å². The lowest BCUT2D eigenvalue weighted by molar-refractivity contribution is 0.236. The maximum absolute atomic E-state index is 12.0. The van der Waals surface area contributed by atoms with Gasteiger partial charge in [0.25, 0.3) is 10.1 Å². The highest BCUT2D eigenvalue weighted by atomic mass is 35.5. The summed E-state index contributed by atoms with van der Waals surface area (Å²) in [6.45, 7) is 11.4. The zero-order valence-electron chi connectivity index (χ0n) is 13.8. The van der Waals surface area contributed by atoms with Crippen LogP contribution in [0.2, 0.25) is 23.2 Å². The van der Waals surface area contributed by atoms with E-state index < -0.39 is 18.4 Å². The average molecular weight is 365 g/mol. The van der Waals surface area contributed by atoms with Gasteiger partial charge in [-0.25, -0.2) is 0 Å². The van der Waals surface area contributed by atoms with Crippen molar-refractivity contribution in [3.63, 3.8) is 0 Å². The van der Waals surface area contributed by atoms with Gasteiger partial charge in [-0.2, -0.15) is 8.42 Å². The Hall–Kier alpha value is -0.403. The molecule has 0 bridgehead atoms. The Labute approximate surface area is 140 Å². The molecule has 0 radical (unpaired) electrons. The van der Waals surface area contributed by atoms with Gasteiger partial charge in [0, 0.05) is 11.6 Å². The molecule has 0 aliphatic heterocycles. The van der Waals surface area contributed by atoms with Crippen molar-refractivity contribution in [2.45, 2.75) is 50.2 Å². The van der Waals surface area contributed by atoms with Crippen molar-refractivity contribution in [1.82, 2.24) is 0 Å². The first-order chi connectivity index (χ1) is 9.96. The summed E-state index contributed by atoms with van der Waals surface area (Å²) < 4.78 is 34.9. The second-order valence-electron chi connectivity index (χ2n) is 6.69. The number of rotatable bonds is 7. The Kier molecular flexibility index (Phi) is 6.65. The number of halogens is 1. The Balaban J connectivity index is 2.43. The highest BCUT2D eigenvalue weighted by Crippen LogP contribution is 2.36. The van der Waals surface area contributed by atoms with Crippen LogP contribution in [-0.4, -0.2) is 29.9 Å². The number of hydrogen-bond acceptors (Lipinski definition) is 4. The smallest absolute Gasteiger partial charge is 0.296 e. The maximum Gasteiger partial charge on any atom is 0.296 e. The molecule has 1 aromatic rings. The largest absolute Gasteiger partial charge is 0.417 e. The first kappa shape index (κ1) is 19.6. The van der Waals surface area contributed by atoms with Gasteiger partial charge in [-0.15, -0.1) is 0 Å². The Morgan fingerprint density at radius 2 is 1.64 bits per heavy atom. The minimum absolute atomic E-state index is 0.111. The van der Waals surface area contributed by atoms with Gasteiger partial charge >= 0.3 is 0 Å². The lowest BCUT2D eigenvalue weighted by Crippen LogP contribution is -2.41. The first-order valence-electron chi connectivity index (χ1n) is 7.25. The Morgan fingerprint density at radius 1 is 1.09 bits per heavy atom. The highest BCUT2D eigenvalue weighted by molar-refractivity contribution is 7.86. The standard InChI is InChI=1S/C15H25ClO4SSi/c1-15(2,3)22(4,5)20-12-6-11-19-21(17,18)14-9-7-13(16)8-10-14/h7-10H,6,11-12H2,1-5H3. The van der Waals surface area contributed by atoms with Crippen LogP contribution in [0.25, 0.3) is 0 Å². The average Bonchev–Trinajstić information content (AvgIpc) is 2.37. The zero-order valence-corrected chi connectivity index (χ0v) is 16.4. The molecular formula is C15H25ClO4SSi. The molecule has 126 valence electrons. The first-order valence-corrected chi connectivity index (χ1v) is 11.9. The van der Waals surface area contributed by atoms with Crippen LogP contribution in [0.4, 0.5) is 0 Å². The predicted octanol–water partition coefficient (Wildman–Crippen LogP) is 4.46. The molecule has 0 aromatic heterocycles. The van der Waals surface area contributed by atoms with E-state index in [1.807, 2.05) is 0 Å². The quantitative estimate of drug-likeness (QED) is 0.407. The third-order valence-corrected chi connectivity index (χ3v) is 10.0.